The molecule has 0 spiro atoms. The third-order valence-electron chi connectivity index (χ3n) is 2.74. The number of aliphatic hydroxyl groups excluding tert-OH is 1. The Bertz CT molecular complexity index is 368. The van der Waals surface area contributed by atoms with Crippen LogP contribution in [0, 0.1) is 17.6 Å². The van der Waals surface area contributed by atoms with Gasteiger partial charge in [0, 0.05) is 5.56 Å². The van der Waals surface area contributed by atoms with Gasteiger partial charge in [0.25, 0.3) is 0 Å². The van der Waals surface area contributed by atoms with E-state index in [0.717, 1.165) is 0 Å². The SMILES string of the molecule is CCC(O)C(C)Cc1c(F)ccc(Br)c1F. The fourth-order valence-electron chi connectivity index (χ4n) is 1.62. The van der Waals surface area contributed by atoms with Crippen LogP contribution < -0.4 is 0 Å². The highest BCUT2D eigenvalue weighted by atomic mass is 79.9. The van der Waals surface area contributed by atoms with Crippen molar-refractivity contribution in [1.82, 2.24) is 0 Å². The first-order valence-electron chi connectivity index (χ1n) is 5.27. The Labute approximate surface area is 103 Å². The molecule has 0 aliphatic carbocycles. The fraction of sp³-hybridized carbons (Fsp3) is 0.500. The van der Waals surface area contributed by atoms with Gasteiger partial charge in [-0.2, -0.15) is 0 Å². The Morgan fingerprint density at radius 2 is 2.00 bits per heavy atom. The third-order valence-corrected chi connectivity index (χ3v) is 3.35. The molecule has 1 N–H and O–H groups in total. The van der Waals surface area contributed by atoms with E-state index in [2.05, 4.69) is 15.9 Å². The Morgan fingerprint density at radius 3 is 2.56 bits per heavy atom. The number of aliphatic hydroxyl groups is 1. The number of hydrogen-bond acceptors (Lipinski definition) is 1. The molecule has 0 saturated heterocycles. The van der Waals surface area contributed by atoms with Crippen LogP contribution in [0.2, 0.25) is 0 Å². The predicted octanol–water partition coefficient (Wildman–Crippen LogP) is 3.68. The van der Waals surface area contributed by atoms with Crippen LogP contribution in [-0.2, 0) is 6.42 Å². The molecule has 1 rings (SSSR count). The number of hydrogen-bond donors (Lipinski definition) is 1. The third kappa shape index (κ3) is 3.01. The quantitative estimate of drug-likeness (QED) is 0.840. The van der Waals surface area contributed by atoms with Gasteiger partial charge < -0.3 is 5.11 Å². The molecule has 2 atom stereocenters. The van der Waals surface area contributed by atoms with Crippen molar-refractivity contribution in [2.45, 2.75) is 32.8 Å². The highest BCUT2D eigenvalue weighted by Crippen LogP contribution is 2.25. The van der Waals surface area contributed by atoms with Crippen molar-refractivity contribution in [1.29, 1.82) is 0 Å². The smallest absolute Gasteiger partial charge is 0.143 e. The van der Waals surface area contributed by atoms with Gasteiger partial charge in [-0.1, -0.05) is 13.8 Å². The van der Waals surface area contributed by atoms with Crippen LogP contribution in [0.1, 0.15) is 25.8 Å². The minimum atomic E-state index is -0.574. The molecule has 1 aromatic rings. The van der Waals surface area contributed by atoms with Crippen molar-refractivity contribution in [2.75, 3.05) is 0 Å². The molecule has 1 aromatic carbocycles. The lowest BCUT2D eigenvalue weighted by Gasteiger charge is -2.18. The Morgan fingerprint density at radius 1 is 1.38 bits per heavy atom. The van der Waals surface area contributed by atoms with Crippen molar-refractivity contribution in [3.63, 3.8) is 0 Å². The molecular formula is C12H15BrF2O. The highest BCUT2D eigenvalue weighted by Gasteiger charge is 2.19. The van der Waals surface area contributed by atoms with Crippen molar-refractivity contribution in [2.24, 2.45) is 5.92 Å². The first kappa shape index (κ1) is 13.6. The molecular weight excluding hydrogens is 278 g/mol. The number of rotatable bonds is 4. The van der Waals surface area contributed by atoms with Crippen molar-refractivity contribution >= 4 is 15.9 Å². The zero-order valence-corrected chi connectivity index (χ0v) is 10.9. The molecule has 0 heterocycles. The van der Waals surface area contributed by atoms with Gasteiger partial charge in [-0.3, -0.25) is 0 Å². The van der Waals surface area contributed by atoms with Crippen LogP contribution in [0.4, 0.5) is 8.78 Å². The van der Waals surface area contributed by atoms with Gasteiger partial charge in [-0.05, 0) is 46.8 Å². The zero-order valence-electron chi connectivity index (χ0n) is 9.30. The summed E-state index contributed by atoms with van der Waals surface area (Å²) in [5, 5.41) is 9.58. The van der Waals surface area contributed by atoms with Gasteiger partial charge in [0.15, 0.2) is 0 Å². The molecule has 0 aliphatic heterocycles. The molecule has 0 aromatic heterocycles. The van der Waals surface area contributed by atoms with E-state index in [-0.39, 0.29) is 22.4 Å². The molecule has 1 nitrogen and oxygen atoms in total. The minimum Gasteiger partial charge on any atom is -0.393 e. The second-order valence-corrected chi connectivity index (χ2v) is 4.83. The summed E-state index contributed by atoms with van der Waals surface area (Å²) in [4.78, 5) is 0. The van der Waals surface area contributed by atoms with E-state index >= 15 is 0 Å². The van der Waals surface area contributed by atoms with Crippen LogP contribution in [0.25, 0.3) is 0 Å². The predicted molar refractivity (Wildman–Crippen MR) is 63.2 cm³/mol. The van der Waals surface area contributed by atoms with Crippen LogP contribution >= 0.6 is 15.9 Å². The average molecular weight is 293 g/mol. The van der Waals surface area contributed by atoms with Crippen molar-refractivity contribution < 1.29 is 13.9 Å². The Balaban J connectivity index is 2.92. The summed E-state index contributed by atoms with van der Waals surface area (Å²) >= 11 is 3.02. The standard InChI is InChI=1S/C12H15BrF2O/c1-3-11(16)7(2)6-8-10(14)5-4-9(13)12(8)15/h4-5,7,11,16H,3,6H2,1-2H3. The number of halogens is 3. The first-order chi connectivity index (χ1) is 7.47. The van der Waals surface area contributed by atoms with Gasteiger partial charge in [-0.15, -0.1) is 0 Å². The van der Waals surface area contributed by atoms with Crippen LogP contribution in [-0.4, -0.2) is 11.2 Å². The molecule has 0 bridgehead atoms. The maximum absolute atomic E-state index is 13.6. The average Bonchev–Trinajstić information content (AvgIpc) is 2.28. The van der Waals surface area contributed by atoms with Crippen molar-refractivity contribution in [3.05, 3.63) is 33.8 Å². The van der Waals surface area contributed by atoms with E-state index < -0.39 is 17.7 Å². The maximum atomic E-state index is 13.6. The molecule has 16 heavy (non-hydrogen) atoms. The second-order valence-electron chi connectivity index (χ2n) is 3.98. The van der Waals surface area contributed by atoms with Gasteiger partial charge >= 0.3 is 0 Å². The minimum absolute atomic E-state index is 0.0365. The molecule has 0 fully saturated rings. The largest absolute Gasteiger partial charge is 0.393 e. The molecule has 4 heteroatoms. The van der Waals surface area contributed by atoms with Crippen molar-refractivity contribution in [3.8, 4) is 0 Å². The van der Waals surface area contributed by atoms with E-state index in [9.17, 15) is 13.9 Å². The molecule has 0 saturated carbocycles. The lowest BCUT2D eigenvalue weighted by Crippen LogP contribution is -2.19. The monoisotopic (exact) mass is 292 g/mol. The normalized spacial score (nSPS) is 14.9. The highest BCUT2D eigenvalue weighted by molar-refractivity contribution is 9.10. The summed E-state index contributed by atoms with van der Waals surface area (Å²) in [6.07, 6.45) is 0.252. The fourth-order valence-corrected chi connectivity index (χ4v) is 1.99. The molecule has 2 unspecified atom stereocenters. The molecule has 0 amide bonds. The molecule has 90 valence electrons. The van der Waals surface area contributed by atoms with E-state index in [1.807, 2.05) is 6.92 Å². The lowest BCUT2D eigenvalue weighted by atomic mass is 9.94. The lowest BCUT2D eigenvalue weighted by molar-refractivity contribution is 0.112. The summed E-state index contributed by atoms with van der Waals surface area (Å²) in [5.74, 6) is -1.30. The van der Waals surface area contributed by atoms with Crippen LogP contribution in [0.15, 0.2) is 16.6 Å². The van der Waals surface area contributed by atoms with Gasteiger partial charge in [0.05, 0.1) is 10.6 Å². The Kier molecular flexibility index (Phi) is 4.87. The van der Waals surface area contributed by atoms with E-state index in [1.165, 1.54) is 12.1 Å². The van der Waals surface area contributed by atoms with Crippen LogP contribution in [0.5, 0.6) is 0 Å². The van der Waals surface area contributed by atoms with Crippen LogP contribution in [0.3, 0.4) is 0 Å². The summed E-state index contributed by atoms with van der Waals surface area (Å²) in [7, 11) is 0. The summed E-state index contributed by atoms with van der Waals surface area (Å²) in [6, 6.07) is 2.57. The topological polar surface area (TPSA) is 20.2 Å². The first-order valence-corrected chi connectivity index (χ1v) is 6.07. The molecule has 0 aliphatic rings. The number of benzene rings is 1. The van der Waals surface area contributed by atoms with E-state index in [0.29, 0.717) is 6.42 Å². The summed E-state index contributed by atoms with van der Waals surface area (Å²) in [6.45, 7) is 3.63. The Hall–Kier alpha value is -0.480. The van der Waals surface area contributed by atoms with Gasteiger partial charge in [0.1, 0.15) is 11.6 Å². The van der Waals surface area contributed by atoms with Gasteiger partial charge in [0.2, 0.25) is 0 Å². The van der Waals surface area contributed by atoms with E-state index in [4.69, 9.17) is 0 Å². The summed E-state index contributed by atoms with van der Waals surface area (Å²) < 4.78 is 27.3. The second kappa shape index (κ2) is 5.73. The maximum Gasteiger partial charge on any atom is 0.143 e. The molecule has 0 radical (unpaired) electrons. The van der Waals surface area contributed by atoms with Gasteiger partial charge in [-0.25, -0.2) is 8.78 Å². The summed E-state index contributed by atoms with van der Waals surface area (Å²) in [5.41, 5.74) is 0.0365. The van der Waals surface area contributed by atoms with E-state index in [1.54, 1.807) is 6.92 Å². The zero-order chi connectivity index (χ0) is 12.3.